The highest BCUT2D eigenvalue weighted by atomic mass is 16.5. The largest absolute Gasteiger partial charge is 0.380 e. The molecule has 4 heteroatoms. The molecule has 1 saturated heterocycles. The van der Waals surface area contributed by atoms with Gasteiger partial charge < -0.3 is 15.4 Å². The zero-order chi connectivity index (χ0) is 11.3. The molecule has 0 aromatic rings. The predicted molar refractivity (Wildman–Crippen MR) is 59.7 cm³/mol. The first-order chi connectivity index (χ1) is 7.06. The van der Waals surface area contributed by atoms with Crippen LogP contribution in [0.15, 0.2) is 0 Å². The molecule has 1 aliphatic rings. The van der Waals surface area contributed by atoms with Crippen LogP contribution in [0.25, 0.3) is 0 Å². The second-order valence-corrected chi connectivity index (χ2v) is 4.76. The second-order valence-electron chi connectivity index (χ2n) is 4.76. The van der Waals surface area contributed by atoms with Crippen molar-refractivity contribution in [3.05, 3.63) is 0 Å². The standard InChI is InChI=1S/C11H22N2O2/c1-11(2,10(14)12-3)8-13-9-5-4-6-15-7-9/h9,13H,4-8H2,1-3H3,(H,12,14). The maximum Gasteiger partial charge on any atom is 0.226 e. The van der Waals surface area contributed by atoms with Gasteiger partial charge >= 0.3 is 0 Å². The Morgan fingerprint density at radius 1 is 1.53 bits per heavy atom. The summed E-state index contributed by atoms with van der Waals surface area (Å²) in [6.07, 6.45) is 2.25. The van der Waals surface area contributed by atoms with Crippen LogP contribution in [0, 0.1) is 5.41 Å². The maximum atomic E-state index is 11.5. The number of hydrogen-bond acceptors (Lipinski definition) is 3. The van der Waals surface area contributed by atoms with Crippen molar-refractivity contribution in [3.63, 3.8) is 0 Å². The van der Waals surface area contributed by atoms with Gasteiger partial charge in [0.1, 0.15) is 0 Å². The molecule has 4 nitrogen and oxygen atoms in total. The monoisotopic (exact) mass is 214 g/mol. The number of ether oxygens (including phenoxy) is 1. The first-order valence-corrected chi connectivity index (χ1v) is 5.59. The van der Waals surface area contributed by atoms with Crippen molar-refractivity contribution < 1.29 is 9.53 Å². The molecule has 1 atom stereocenters. The number of rotatable bonds is 4. The molecule has 1 unspecified atom stereocenters. The Bertz CT molecular complexity index is 211. The minimum atomic E-state index is -0.355. The van der Waals surface area contributed by atoms with Crippen LogP contribution in [0.5, 0.6) is 0 Å². The molecule has 2 N–H and O–H groups in total. The highest BCUT2D eigenvalue weighted by molar-refractivity contribution is 5.81. The molecule has 0 saturated carbocycles. The minimum absolute atomic E-state index is 0.0757. The summed E-state index contributed by atoms with van der Waals surface area (Å²) in [4.78, 5) is 11.5. The molecule has 0 radical (unpaired) electrons. The molecule has 0 aromatic carbocycles. The van der Waals surface area contributed by atoms with E-state index in [9.17, 15) is 4.79 Å². The van der Waals surface area contributed by atoms with E-state index < -0.39 is 0 Å². The lowest BCUT2D eigenvalue weighted by Gasteiger charge is -2.28. The van der Waals surface area contributed by atoms with Crippen molar-refractivity contribution >= 4 is 5.91 Å². The minimum Gasteiger partial charge on any atom is -0.380 e. The summed E-state index contributed by atoms with van der Waals surface area (Å²) in [6.45, 7) is 6.23. The van der Waals surface area contributed by atoms with Crippen LogP contribution in [0.3, 0.4) is 0 Å². The summed E-state index contributed by atoms with van der Waals surface area (Å²) >= 11 is 0. The SMILES string of the molecule is CNC(=O)C(C)(C)CNC1CCCOC1. The first kappa shape index (κ1) is 12.5. The van der Waals surface area contributed by atoms with Gasteiger partial charge in [-0.15, -0.1) is 0 Å². The molecule has 0 aromatic heterocycles. The number of carbonyl (C=O) groups excluding carboxylic acids is 1. The Morgan fingerprint density at radius 3 is 2.80 bits per heavy atom. The van der Waals surface area contributed by atoms with Crippen LogP contribution >= 0.6 is 0 Å². The van der Waals surface area contributed by atoms with E-state index >= 15 is 0 Å². The van der Waals surface area contributed by atoms with Gasteiger partial charge in [0.15, 0.2) is 0 Å². The zero-order valence-corrected chi connectivity index (χ0v) is 9.93. The molecule has 1 fully saturated rings. The average molecular weight is 214 g/mol. The maximum absolute atomic E-state index is 11.5. The van der Waals surface area contributed by atoms with Crippen LogP contribution in [0.4, 0.5) is 0 Å². The zero-order valence-electron chi connectivity index (χ0n) is 9.93. The molecular weight excluding hydrogens is 192 g/mol. The molecule has 88 valence electrons. The number of nitrogens with one attached hydrogen (secondary N) is 2. The molecule has 1 rings (SSSR count). The Labute approximate surface area is 91.8 Å². The molecule has 1 heterocycles. The summed E-state index contributed by atoms with van der Waals surface area (Å²) in [5.41, 5.74) is -0.355. The topological polar surface area (TPSA) is 50.4 Å². The van der Waals surface area contributed by atoms with Gasteiger partial charge in [-0.05, 0) is 26.7 Å². The van der Waals surface area contributed by atoms with Crippen molar-refractivity contribution in [1.82, 2.24) is 10.6 Å². The van der Waals surface area contributed by atoms with Gasteiger partial charge in [0.25, 0.3) is 0 Å². The average Bonchev–Trinajstić information content (AvgIpc) is 2.27. The van der Waals surface area contributed by atoms with Gasteiger partial charge in [-0.3, -0.25) is 4.79 Å². The van der Waals surface area contributed by atoms with E-state index in [1.165, 1.54) is 0 Å². The highest BCUT2D eigenvalue weighted by Crippen LogP contribution is 2.15. The molecule has 0 spiro atoms. The lowest BCUT2D eigenvalue weighted by Crippen LogP contribution is -2.47. The van der Waals surface area contributed by atoms with E-state index in [4.69, 9.17) is 4.74 Å². The fourth-order valence-electron chi connectivity index (χ4n) is 1.72. The van der Waals surface area contributed by atoms with E-state index in [1.807, 2.05) is 13.8 Å². The Kier molecular flexibility index (Phi) is 4.54. The molecule has 1 amide bonds. The van der Waals surface area contributed by atoms with Crippen LogP contribution < -0.4 is 10.6 Å². The summed E-state index contributed by atoms with van der Waals surface area (Å²) in [5, 5.41) is 6.07. The molecule has 1 aliphatic heterocycles. The van der Waals surface area contributed by atoms with Crippen LogP contribution in [0.1, 0.15) is 26.7 Å². The number of amides is 1. The van der Waals surface area contributed by atoms with Gasteiger partial charge in [-0.1, -0.05) is 0 Å². The predicted octanol–water partition coefficient (Wildman–Crippen LogP) is 0.527. The highest BCUT2D eigenvalue weighted by Gasteiger charge is 2.27. The van der Waals surface area contributed by atoms with E-state index in [0.717, 1.165) is 26.1 Å². The molecule has 15 heavy (non-hydrogen) atoms. The van der Waals surface area contributed by atoms with Gasteiger partial charge in [-0.2, -0.15) is 0 Å². The van der Waals surface area contributed by atoms with E-state index in [2.05, 4.69) is 10.6 Å². The van der Waals surface area contributed by atoms with Crippen molar-refractivity contribution in [1.29, 1.82) is 0 Å². The number of hydrogen-bond donors (Lipinski definition) is 2. The van der Waals surface area contributed by atoms with Crippen molar-refractivity contribution in [2.24, 2.45) is 5.41 Å². The molecule has 0 aliphatic carbocycles. The quantitative estimate of drug-likeness (QED) is 0.717. The van der Waals surface area contributed by atoms with Crippen molar-refractivity contribution in [2.75, 3.05) is 26.8 Å². The first-order valence-electron chi connectivity index (χ1n) is 5.59. The summed E-state index contributed by atoms with van der Waals surface area (Å²) in [6, 6.07) is 0.405. The Hall–Kier alpha value is -0.610. The van der Waals surface area contributed by atoms with Gasteiger partial charge in [0.2, 0.25) is 5.91 Å². The Morgan fingerprint density at radius 2 is 2.27 bits per heavy atom. The third-order valence-corrected chi connectivity index (χ3v) is 2.83. The fourth-order valence-corrected chi connectivity index (χ4v) is 1.72. The van der Waals surface area contributed by atoms with Gasteiger partial charge in [0, 0.05) is 26.2 Å². The molecule has 0 bridgehead atoms. The van der Waals surface area contributed by atoms with Crippen LogP contribution in [-0.4, -0.2) is 38.8 Å². The third-order valence-electron chi connectivity index (χ3n) is 2.83. The smallest absolute Gasteiger partial charge is 0.226 e. The van der Waals surface area contributed by atoms with Crippen LogP contribution in [0.2, 0.25) is 0 Å². The fraction of sp³-hybridized carbons (Fsp3) is 0.909. The lowest BCUT2D eigenvalue weighted by molar-refractivity contribution is -0.128. The third kappa shape index (κ3) is 3.80. The van der Waals surface area contributed by atoms with Gasteiger partial charge in [-0.25, -0.2) is 0 Å². The van der Waals surface area contributed by atoms with E-state index in [1.54, 1.807) is 7.05 Å². The number of carbonyl (C=O) groups is 1. The summed E-state index contributed by atoms with van der Waals surface area (Å²) < 4.78 is 5.37. The lowest BCUT2D eigenvalue weighted by atomic mass is 9.91. The van der Waals surface area contributed by atoms with E-state index in [-0.39, 0.29) is 11.3 Å². The summed E-state index contributed by atoms with van der Waals surface area (Å²) in [5.74, 6) is 0.0757. The normalized spacial score (nSPS) is 22.5. The van der Waals surface area contributed by atoms with Gasteiger partial charge in [0.05, 0.1) is 12.0 Å². The second kappa shape index (κ2) is 5.47. The molecular formula is C11H22N2O2. The van der Waals surface area contributed by atoms with E-state index in [0.29, 0.717) is 12.6 Å². The van der Waals surface area contributed by atoms with Crippen LogP contribution in [-0.2, 0) is 9.53 Å². The van der Waals surface area contributed by atoms with Crippen molar-refractivity contribution in [2.45, 2.75) is 32.7 Å². The van der Waals surface area contributed by atoms with Crippen molar-refractivity contribution in [3.8, 4) is 0 Å². The Balaban J connectivity index is 2.31. The summed E-state index contributed by atoms with van der Waals surface area (Å²) in [7, 11) is 1.67.